The number of hydrogen-bond acceptors (Lipinski definition) is 5. The van der Waals surface area contributed by atoms with E-state index in [1.165, 1.54) is 4.90 Å². The van der Waals surface area contributed by atoms with Crippen molar-refractivity contribution in [2.24, 2.45) is 5.41 Å². The maximum Gasteiger partial charge on any atom is 0.318 e. The number of amides is 2. The first-order valence-electron chi connectivity index (χ1n) is 8.53. The lowest BCUT2D eigenvalue weighted by Gasteiger charge is -2.21. The summed E-state index contributed by atoms with van der Waals surface area (Å²) in [7, 11) is 0. The highest BCUT2D eigenvalue weighted by atomic mass is 16.5. The molecule has 0 bridgehead atoms. The first kappa shape index (κ1) is 17.9. The molecule has 2 N–H and O–H groups in total. The number of likely N-dealkylation sites (tertiary alicyclic amines) is 1. The summed E-state index contributed by atoms with van der Waals surface area (Å²) in [4.78, 5) is 29.5. The van der Waals surface area contributed by atoms with Gasteiger partial charge in [0, 0.05) is 19.5 Å². The van der Waals surface area contributed by atoms with Gasteiger partial charge in [-0.3, -0.25) is 4.79 Å². The molecule has 3 rings (SSSR count). The number of rotatable bonds is 5. The monoisotopic (exact) mass is 358 g/mol. The number of benzene rings is 1. The fourth-order valence-corrected chi connectivity index (χ4v) is 2.94. The normalized spacial score (nSPS) is 20.8. The van der Waals surface area contributed by atoms with E-state index in [1.807, 2.05) is 30.3 Å². The van der Waals surface area contributed by atoms with Crippen molar-refractivity contribution >= 4 is 12.0 Å². The van der Waals surface area contributed by atoms with Gasteiger partial charge in [0.15, 0.2) is 5.82 Å². The van der Waals surface area contributed by atoms with Crippen LogP contribution in [0.2, 0.25) is 0 Å². The number of carboxylic acids is 1. The van der Waals surface area contributed by atoms with Crippen LogP contribution in [0.3, 0.4) is 0 Å². The molecule has 0 spiro atoms. The fourth-order valence-electron chi connectivity index (χ4n) is 2.94. The molecule has 8 heteroatoms. The molecule has 2 unspecified atom stereocenters. The average Bonchev–Trinajstić information content (AvgIpc) is 3.24. The zero-order valence-electron chi connectivity index (χ0n) is 14.8. The second-order valence-electron chi connectivity index (χ2n) is 6.92. The third-order valence-corrected chi connectivity index (χ3v) is 4.68. The van der Waals surface area contributed by atoms with E-state index >= 15 is 0 Å². The number of hydrogen-bond donors (Lipinski definition) is 2. The van der Waals surface area contributed by atoms with Crippen molar-refractivity contribution in [2.75, 3.05) is 13.1 Å². The van der Waals surface area contributed by atoms with Crippen LogP contribution in [0.15, 0.2) is 34.9 Å². The first-order valence-corrected chi connectivity index (χ1v) is 8.53. The van der Waals surface area contributed by atoms with Crippen LogP contribution in [0.25, 0.3) is 0 Å². The molecule has 1 aromatic carbocycles. The standard InChI is InChI=1S/C18H22N4O4/c1-12(19-17(25)22-9-8-18(2,11-22)16(23)24)15-20-14(21-26-15)10-13-6-4-3-5-7-13/h3-7,12H,8-11H2,1-2H3,(H,19,25)(H,23,24). The molecule has 2 heterocycles. The quantitative estimate of drug-likeness (QED) is 0.848. The van der Waals surface area contributed by atoms with Crippen molar-refractivity contribution in [1.29, 1.82) is 0 Å². The van der Waals surface area contributed by atoms with Crippen LogP contribution in [0.4, 0.5) is 4.79 Å². The van der Waals surface area contributed by atoms with Crippen molar-refractivity contribution in [3.05, 3.63) is 47.6 Å². The molecule has 0 saturated carbocycles. The van der Waals surface area contributed by atoms with Gasteiger partial charge >= 0.3 is 12.0 Å². The smallest absolute Gasteiger partial charge is 0.318 e. The summed E-state index contributed by atoms with van der Waals surface area (Å²) < 4.78 is 5.25. The minimum Gasteiger partial charge on any atom is -0.481 e. The maximum atomic E-state index is 12.4. The summed E-state index contributed by atoms with van der Waals surface area (Å²) in [5, 5.41) is 16.0. The van der Waals surface area contributed by atoms with Gasteiger partial charge in [-0.05, 0) is 25.8 Å². The van der Waals surface area contributed by atoms with E-state index in [4.69, 9.17) is 4.52 Å². The van der Waals surface area contributed by atoms with Gasteiger partial charge in [-0.25, -0.2) is 4.79 Å². The van der Waals surface area contributed by atoms with E-state index in [0.29, 0.717) is 31.1 Å². The maximum absolute atomic E-state index is 12.4. The third kappa shape index (κ3) is 3.84. The van der Waals surface area contributed by atoms with E-state index in [9.17, 15) is 14.7 Å². The second kappa shape index (κ2) is 7.15. The van der Waals surface area contributed by atoms with E-state index < -0.39 is 17.4 Å². The molecule has 26 heavy (non-hydrogen) atoms. The Kier molecular flexibility index (Phi) is 4.92. The first-order chi connectivity index (χ1) is 12.4. The van der Waals surface area contributed by atoms with Crippen LogP contribution >= 0.6 is 0 Å². The van der Waals surface area contributed by atoms with Gasteiger partial charge in [-0.15, -0.1) is 0 Å². The molecule has 0 radical (unpaired) electrons. The summed E-state index contributed by atoms with van der Waals surface area (Å²) in [6.07, 6.45) is 0.986. The largest absolute Gasteiger partial charge is 0.481 e. The predicted molar refractivity (Wildman–Crippen MR) is 92.4 cm³/mol. The number of aromatic nitrogens is 2. The van der Waals surface area contributed by atoms with E-state index in [0.717, 1.165) is 5.56 Å². The summed E-state index contributed by atoms with van der Waals surface area (Å²) in [6, 6.07) is 9.00. The Morgan fingerprint density at radius 2 is 2.12 bits per heavy atom. The van der Waals surface area contributed by atoms with Crippen LogP contribution in [0.5, 0.6) is 0 Å². The Balaban J connectivity index is 1.58. The Labute approximate surface area is 151 Å². The molecule has 0 aliphatic carbocycles. The van der Waals surface area contributed by atoms with Crippen molar-refractivity contribution < 1.29 is 19.2 Å². The van der Waals surface area contributed by atoms with Crippen molar-refractivity contribution in [2.45, 2.75) is 32.7 Å². The zero-order chi connectivity index (χ0) is 18.7. The Morgan fingerprint density at radius 3 is 2.77 bits per heavy atom. The SMILES string of the molecule is CC(NC(=O)N1CCC(C)(C(=O)O)C1)c1nc(Cc2ccccc2)no1. The number of carbonyl (C=O) groups excluding carboxylic acids is 1. The number of urea groups is 1. The molecule has 2 atom stereocenters. The molecule has 1 aliphatic rings. The van der Waals surface area contributed by atoms with Gasteiger partial charge in [-0.1, -0.05) is 35.5 Å². The topological polar surface area (TPSA) is 109 Å². The highest BCUT2D eigenvalue weighted by Gasteiger charge is 2.42. The van der Waals surface area contributed by atoms with Gasteiger partial charge in [0.1, 0.15) is 6.04 Å². The van der Waals surface area contributed by atoms with Crippen LogP contribution in [0, 0.1) is 5.41 Å². The summed E-state index contributed by atoms with van der Waals surface area (Å²) in [5.74, 6) is -0.0142. The average molecular weight is 358 g/mol. The summed E-state index contributed by atoms with van der Waals surface area (Å²) in [5.41, 5.74) is 0.176. The van der Waals surface area contributed by atoms with E-state index in [-0.39, 0.29) is 12.6 Å². The highest BCUT2D eigenvalue weighted by molar-refractivity contribution is 5.79. The lowest BCUT2D eigenvalue weighted by molar-refractivity contribution is -0.147. The van der Waals surface area contributed by atoms with Gasteiger partial charge in [0.2, 0.25) is 5.89 Å². The Morgan fingerprint density at radius 1 is 1.38 bits per heavy atom. The molecule has 2 aromatic rings. The van der Waals surface area contributed by atoms with E-state index in [2.05, 4.69) is 15.5 Å². The zero-order valence-corrected chi connectivity index (χ0v) is 14.8. The number of aliphatic carboxylic acids is 1. The Bertz CT molecular complexity index is 791. The summed E-state index contributed by atoms with van der Waals surface area (Å²) >= 11 is 0. The number of carboxylic acid groups (broad SMARTS) is 1. The molecule has 1 saturated heterocycles. The van der Waals surface area contributed by atoms with E-state index in [1.54, 1.807) is 13.8 Å². The van der Waals surface area contributed by atoms with Gasteiger partial charge in [0.25, 0.3) is 0 Å². The molecular formula is C18H22N4O4. The second-order valence-corrected chi connectivity index (χ2v) is 6.92. The third-order valence-electron chi connectivity index (χ3n) is 4.68. The van der Waals surface area contributed by atoms with Crippen LogP contribution in [-0.4, -0.2) is 45.2 Å². The van der Waals surface area contributed by atoms with Gasteiger partial charge in [-0.2, -0.15) is 4.98 Å². The lowest BCUT2D eigenvalue weighted by Crippen LogP contribution is -2.41. The molecule has 2 amide bonds. The van der Waals surface area contributed by atoms with Gasteiger partial charge in [0.05, 0.1) is 5.41 Å². The minimum atomic E-state index is -0.895. The van der Waals surface area contributed by atoms with Crippen molar-refractivity contribution in [1.82, 2.24) is 20.4 Å². The minimum absolute atomic E-state index is 0.185. The lowest BCUT2D eigenvalue weighted by atomic mass is 9.90. The Hall–Kier alpha value is -2.90. The van der Waals surface area contributed by atoms with Gasteiger partial charge < -0.3 is 19.8 Å². The van der Waals surface area contributed by atoms with Crippen molar-refractivity contribution in [3.63, 3.8) is 0 Å². The highest BCUT2D eigenvalue weighted by Crippen LogP contribution is 2.30. The van der Waals surface area contributed by atoms with Crippen LogP contribution in [-0.2, 0) is 11.2 Å². The molecule has 1 aliphatic heterocycles. The van der Waals surface area contributed by atoms with Crippen LogP contribution < -0.4 is 5.32 Å². The number of nitrogens with zero attached hydrogens (tertiary/aromatic N) is 3. The summed E-state index contributed by atoms with van der Waals surface area (Å²) in [6.45, 7) is 4.00. The molecular weight excluding hydrogens is 336 g/mol. The fraction of sp³-hybridized carbons (Fsp3) is 0.444. The number of carbonyl (C=O) groups is 2. The predicted octanol–water partition coefficient (Wildman–Crippen LogP) is 2.23. The molecule has 1 aromatic heterocycles. The molecule has 1 fully saturated rings. The number of nitrogens with one attached hydrogen (secondary N) is 1. The molecule has 138 valence electrons. The van der Waals surface area contributed by atoms with Crippen LogP contribution in [0.1, 0.15) is 43.6 Å². The van der Waals surface area contributed by atoms with Crippen molar-refractivity contribution in [3.8, 4) is 0 Å². The molecule has 8 nitrogen and oxygen atoms in total.